The van der Waals surface area contributed by atoms with Gasteiger partial charge in [0.25, 0.3) is 5.89 Å². The SMILES string of the molecule is Fc1ccc(-c2nc(CSc3nncn3C3CC3)no2)cc1. The van der Waals surface area contributed by atoms with Crippen molar-refractivity contribution in [3.8, 4) is 11.5 Å². The summed E-state index contributed by atoms with van der Waals surface area (Å²) in [5, 5.41) is 12.9. The highest BCUT2D eigenvalue weighted by Crippen LogP contribution is 2.37. The van der Waals surface area contributed by atoms with E-state index in [0.29, 0.717) is 29.1 Å². The van der Waals surface area contributed by atoms with E-state index in [1.54, 1.807) is 18.5 Å². The zero-order valence-corrected chi connectivity index (χ0v) is 12.3. The maximum absolute atomic E-state index is 12.9. The topological polar surface area (TPSA) is 69.6 Å². The fraction of sp³-hybridized carbons (Fsp3) is 0.286. The highest BCUT2D eigenvalue weighted by Gasteiger charge is 2.26. The van der Waals surface area contributed by atoms with E-state index >= 15 is 0 Å². The fourth-order valence-electron chi connectivity index (χ4n) is 2.09. The molecule has 0 unspecified atom stereocenters. The van der Waals surface area contributed by atoms with Crippen LogP contribution in [-0.4, -0.2) is 24.9 Å². The Kier molecular flexibility index (Phi) is 3.38. The van der Waals surface area contributed by atoms with Crippen LogP contribution in [0.5, 0.6) is 0 Å². The van der Waals surface area contributed by atoms with Gasteiger partial charge in [0.15, 0.2) is 11.0 Å². The largest absolute Gasteiger partial charge is 0.334 e. The summed E-state index contributed by atoms with van der Waals surface area (Å²) in [5.74, 6) is 1.23. The molecule has 1 fully saturated rings. The molecule has 0 bridgehead atoms. The summed E-state index contributed by atoms with van der Waals surface area (Å²) >= 11 is 1.53. The van der Waals surface area contributed by atoms with Gasteiger partial charge in [0, 0.05) is 11.6 Å². The summed E-state index contributed by atoms with van der Waals surface area (Å²) in [7, 11) is 0. The normalized spacial score (nSPS) is 14.4. The van der Waals surface area contributed by atoms with E-state index in [1.807, 2.05) is 0 Å². The van der Waals surface area contributed by atoms with Crippen LogP contribution in [0.4, 0.5) is 4.39 Å². The predicted molar refractivity (Wildman–Crippen MR) is 77.5 cm³/mol. The predicted octanol–water partition coefficient (Wildman–Crippen LogP) is 3.09. The Balaban J connectivity index is 1.45. The molecular formula is C14H12FN5OS. The van der Waals surface area contributed by atoms with Crippen LogP contribution < -0.4 is 0 Å². The lowest BCUT2D eigenvalue weighted by atomic mass is 10.2. The lowest BCUT2D eigenvalue weighted by Crippen LogP contribution is -1.95. The highest BCUT2D eigenvalue weighted by atomic mass is 32.2. The summed E-state index contributed by atoms with van der Waals surface area (Å²) < 4.78 is 20.2. The van der Waals surface area contributed by atoms with Crippen LogP contribution in [0, 0.1) is 5.82 Å². The van der Waals surface area contributed by atoms with Crippen molar-refractivity contribution >= 4 is 11.8 Å². The Morgan fingerprint density at radius 3 is 2.86 bits per heavy atom. The number of nitrogens with zero attached hydrogens (tertiary/aromatic N) is 5. The van der Waals surface area contributed by atoms with Crippen LogP contribution in [0.1, 0.15) is 24.7 Å². The maximum atomic E-state index is 12.9. The molecule has 0 aliphatic heterocycles. The Labute approximate surface area is 129 Å². The van der Waals surface area contributed by atoms with Gasteiger partial charge in [0.2, 0.25) is 0 Å². The first-order chi connectivity index (χ1) is 10.8. The molecule has 22 heavy (non-hydrogen) atoms. The van der Waals surface area contributed by atoms with Crippen molar-refractivity contribution in [1.29, 1.82) is 0 Å². The molecule has 0 amide bonds. The van der Waals surface area contributed by atoms with Gasteiger partial charge in [-0.05, 0) is 37.1 Å². The molecule has 0 spiro atoms. The third-order valence-corrected chi connectivity index (χ3v) is 4.32. The summed E-state index contributed by atoms with van der Waals surface area (Å²) in [6.45, 7) is 0. The number of thioether (sulfide) groups is 1. The molecule has 6 nitrogen and oxygen atoms in total. The van der Waals surface area contributed by atoms with E-state index in [4.69, 9.17) is 4.52 Å². The molecule has 2 aromatic heterocycles. The average Bonchev–Trinajstić information content (AvgIpc) is 3.09. The van der Waals surface area contributed by atoms with Crippen LogP contribution >= 0.6 is 11.8 Å². The van der Waals surface area contributed by atoms with Crippen molar-refractivity contribution in [3.63, 3.8) is 0 Å². The van der Waals surface area contributed by atoms with Gasteiger partial charge >= 0.3 is 0 Å². The summed E-state index contributed by atoms with van der Waals surface area (Å²) in [6.07, 6.45) is 4.13. The Morgan fingerprint density at radius 2 is 2.09 bits per heavy atom. The van der Waals surface area contributed by atoms with E-state index in [2.05, 4.69) is 24.9 Å². The molecule has 112 valence electrons. The van der Waals surface area contributed by atoms with Crippen LogP contribution in [-0.2, 0) is 5.75 Å². The van der Waals surface area contributed by atoms with Gasteiger partial charge in [-0.15, -0.1) is 10.2 Å². The van der Waals surface area contributed by atoms with Gasteiger partial charge in [0.05, 0.1) is 5.75 Å². The van der Waals surface area contributed by atoms with E-state index in [0.717, 1.165) is 5.16 Å². The van der Waals surface area contributed by atoms with E-state index < -0.39 is 0 Å². The second kappa shape index (κ2) is 5.53. The summed E-state index contributed by atoms with van der Waals surface area (Å²) in [6, 6.07) is 6.50. The van der Waals surface area contributed by atoms with Crippen molar-refractivity contribution in [2.75, 3.05) is 0 Å². The van der Waals surface area contributed by atoms with E-state index in [9.17, 15) is 4.39 Å². The number of hydrogen-bond acceptors (Lipinski definition) is 6. The van der Waals surface area contributed by atoms with Crippen molar-refractivity contribution < 1.29 is 8.91 Å². The molecular weight excluding hydrogens is 305 g/mol. The molecule has 0 radical (unpaired) electrons. The van der Waals surface area contributed by atoms with Crippen molar-refractivity contribution in [1.82, 2.24) is 24.9 Å². The lowest BCUT2D eigenvalue weighted by molar-refractivity contribution is 0.425. The number of halogens is 1. The molecule has 3 aromatic rings. The van der Waals surface area contributed by atoms with Gasteiger partial charge in [-0.2, -0.15) is 4.98 Å². The highest BCUT2D eigenvalue weighted by molar-refractivity contribution is 7.98. The average molecular weight is 317 g/mol. The number of hydrogen-bond donors (Lipinski definition) is 0. The minimum absolute atomic E-state index is 0.293. The second-order valence-electron chi connectivity index (χ2n) is 5.06. The maximum Gasteiger partial charge on any atom is 0.257 e. The summed E-state index contributed by atoms with van der Waals surface area (Å²) in [5.41, 5.74) is 0.700. The zero-order chi connectivity index (χ0) is 14.9. The van der Waals surface area contributed by atoms with Gasteiger partial charge in [0.1, 0.15) is 12.1 Å². The zero-order valence-electron chi connectivity index (χ0n) is 11.5. The molecule has 0 N–H and O–H groups in total. The van der Waals surface area contributed by atoms with Crippen LogP contribution in [0.25, 0.3) is 11.5 Å². The van der Waals surface area contributed by atoms with Crippen LogP contribution in [0.15, 0.2) is 40.3 Å². The Bertz CT molecular complexity index is 781. The van der Waals surface area contributed by atoms with Crippen LogP contribution in [0.2, 0.25) is 0 Å². The van der Waals surface area contributed by atoms with Gasteiger partial charge in [-0.1, -0.05) is 16.9 Å². The number of aromatic nitrogens is 5. The summed E-state index contributed by atoms with van der Waals surface area (Å²) in [4.78, 5) is 4.32. The molecule has 1 aliphatic carbocycles. The van der Waals surface area contributed by atoms with Gasteiger partial charge in [-0.25, -0.2) is 4.39 Å². The smallest absolute Gasteiger partial charge is 0.257 e. The first kappa shape index (κ1) is 13.4. The standard InChI is InChI=1S/C14H12FN5OS/c15-10-3-1-9(2-4-10)13-17-12(19-21-13)7-22-14-18-16-8-20(14)11-5-6-11/h1-4,8,11H,5-7H2. The molecule has 2 heterocycles. The minimum Gasteiger partial charge on any atom is -0.334 e. The fourth-order valence-corrected chi connectivity index (χ4v) is 2.92. The molecule has 4 rings (SSSR count). The quantitative estimate of drug-likeness (QED) is 0.674. The third kappa shape index (κ3) is 2.74. The van der Waals surface area contributed by atoms with Crippen LogP contribution in [0.3, 0.4) is 0 Å². The first-order valence-electron chi connectivity index (χ1n) is 6.90. The monoisotopic (exact) mass is 317 g/mol. The molecule has 0 saturated heterocycles. The lowest BCUT2D eigenvalue weighted by Gasteiger charge is -2.01. The van der Waals surface area contributed by atoms with Crippen molar-refractivity contribution in [3.05, 3.63) is 42.2 Å². The third-order valence-electron chi connectivity index (χ3n) is 3.37. The van der Waals surface area contributed by atoms with Crippen molar-refractivity contribution in [2.24, 2.45) is 0 Å². The van der Waals surface area contributed by atoms with E-state index in [1.165, 1.54) is 36.7 Å². The number of benzene rings is 1. The first-order valence-corrected chi connectivity index (χ1v) is 7.89. The van der Waals surface area contributed by atoms with Gasteiger partial charge in [-0.3, -0.25) is 0 Å². The second-order valence-corrected chi connectivity index (χ2v) is 6.01. The Morgan fingerprint density at radius 1 is 1.27 bits per heavy atom. The van der Waals surface area contributed by atoms with E-state index in [-0.39, 0.29) is 5.82 Å². The molecule has 1 saturated carbocycles. The minimum atomic E-state index is -0.293. The van der Waals surface area contributed by atoms with Crippen molar-refractivity contribution in [2.45, 2.75) is 29.8 Å². The molecule has 1 aromatic carbocycles. The number of rotatable bonds is 5. The molecule has 0 atom stereocenters. The molecule has 8 heteroatoms. The molecule has 1 aliphatic rings. The Hall–Kier alpha value is -2.22. The van der Waals surface area contributed by atoms with Gasteiger partial charge < -0.3 is 9.09 Å².